The Balaban J connectivity index is 2.39. The van der Waals surface area contributed by atoms with Crippen molar-refractivity contribution in [1.82, 2.24) is 15.5 Å². The van der Waals surface area contributed by atoms with Crippen molar-refractivity contribution in [3.8, 4) is 0 Å². The van der Waals surface area contributed by atoms with Gasteiger partial charge in [0.25, 0.3) is 0 Å². The van der Waals surface area contributed by atoms with E-state index in [1.54, 1.807) is 6.92 Å². The molecule has 0 aliphatic heterocycles. The number of ether oxygens (including phenoxy) is 1. The summed E-state index contributed by atoms with van der Waals surface area (Å²) in [5.41, 5.74) is 0. The maximum absolute atomic E-state index is 11.0. The van der Waals surface area contributed by atoms with Gasteiger partial charge in [0.15, 0.2) is 5.11 Å². The zero-order chi connectivity index (χ0) is 11.3. The molecule has 8 heteroatoms. The molecule has 6 nitrogen and oxygen atoms in total. The molecule has 0 radical (unpaired) electrons. The van der Waals surface area contributed by atoms with Gasteiger partial charge >= 0.3 is 6.09 Å². The van der Waals surface area contributed by atoms with Crippen LogP contribution in [0.4, 0.5) is 9.93 Å². The first-order chi connectivity index (χ1) is 7.11. The number of nitrogens with zero attached hydrogens (tertiary/aromatic N) is 2. The number of hydrogen-bond acceptors (Lipinski definition) is 6. The Morgan fingerprint density at radius 2 is 2.33 bits per heavy atom. The number of aryl methyl sites for hydroxylation is 1. The highest BCUT2D eigenvalue weighted by molar-refractivity contribution is 7.80. The van der Waals surface area contributed by atoms with Crippen molar-refractivity contribution >= 4 is 39.9 Å². The van der Waals surface area contributed by atoms with Crippen LogP contribution in [-0.2, 0) is 4.74 Å². The number of rotatable bonds is 2. The molecule has 0 aliphatic carbocycles. The predicted molar refractivity (Wildman–Crippen MR) is 61.0 cm³/mol. The topological polar surface area (TPSA) is 76.1 Å². The molecule has 0 saturated heterocycles. The van der Waals surface area contributed by atoms with Crippen LogP contribution in [0, 0.1) is 6.92 Å². The molecular weight excluding hydrogens is 236 g/mol. The van der Waals surface area contributed by atoms with Gasteiger partial charge in [-0.1, -0.05) is 11.3 Å². The standard InChI is InChI=1S/C7H10N4O2S2/c1-3-13-7(12)9-5(14)8-6-11-10-4(2)15-6/h3H2,1-2H3,(H2,8,9,11,12,14). The average molecular weight is 246 g/mol. The zero-order valence-corrected chi connectivity index (χ0v) is 9.87. The first-order valence-electron chi connectivity index (χ1n) is 4.16. The third-order valence-corrected chi connectivity index (χ3v) is 2.20. The Hall–Kier alpha value is -1.28. The highest BCUT2D eigenvalue weighted by Gasteiger charge is 2.06. The van der Waals surface area contributed by atoms with Crippen molar-refractivity contribution in [3.63, 3.8) is 0 Å². The van der Waals surface area contributed by atoms with Crippen LogP contribution < -0.4 is 10.6 Å². The molecule has 0 saturated carbocycles. The second-order valence-electron chi connectivity index (χ2n) is 2.43. The van der Waals surface area contributed by atoms with Gasteiger partial charge in [-0.3, -0.25) is 5.32 Å². The quantitative estimate of drug-likeness (QED) is 0.766. The summed E-state index contributed by atoms with van der Waals surface area (Å²) < 4.78 is 4.65. The molecule has 0 unspecified atom stereocenters. The molecule has 15 heavy (non-hydrogen) atoms. The molecule has 0 aromatic carbocycles. The van der Waals surface area contributed by atoms with E-state index in [2.05, 4.69) is 25.6 Å². The normalized spacial score (nSPS) is 9.47. The van der Waals surface area contributed by atoms with E-state index in [-0.39, 0.29) is 5.11 Å². The van der Waals surface area contributed by atoms with Crippen molar-refractivity contribution in [1.29, 1.82) is 0 Å². The van der Waals surface area contributed by atoms with Gasteiger partial charge in [-0.2, -0.15) is 0 Å². The predicted octanol–water partition coefficient (Wildman–Crippen LogP) is 1.29. The summed E-state index contributed by atoms with van der Waals surface area (Å²) in [4.78, 5) is 11.0. The summed E-state index contributed by atoms with van der Waals surface area (Å²) in [7, 11) is 0. The lowest BCUT2D eigenvalue weighted by molar-refractivity contribution is 0.158. The molecule has 0 atom stereocenters. The van der Waals surface area contributed by atoms with Gasteiger partial charge in [-0.05, 0) is 26.1 Å². The molecule has 0 fully saturated rings. The minimum Gasteiger partial charge on any atom is -0.450 e. The average Bonchev–Trinajstić information content (AvgIpc) is 2.51. The SMILES string of the molecule is CCOC(=O)NC(=S)Nc1nnc(C)s1. The number of hydrogen-bond donors (Lipinski definition) is 2. The van der Waals surface area contributed by atoms with E-state index < -0.39 is 6.09 Å². The van der Waals surface area contributed by atoms with Crippen molar-refractivity contribution in [2.24, 2.45) is 0 Å². The van der Waals surface area contributed by atoms with Gasteiger partial charge in [-0.15, -0.1) is 10.2 Å². The molecule has 1 aromatic rings. The van der Waals surface area contributed by atoms with Crippen LogP contribution in [0.1, 0.15) is 11.9 Å². The van der Waals surface area contributed by atoms with Crippen LogP contribution >= 0.6 is 23.6 Å². The minimum atomic E-state index is -0.587. The third kappa shape index (κ3) is 4.17. The van der Waals surface area contributed by atoms with Crippen LogP contribution in [0.3, 0.4) is 0 Å². The Labute approximate surface area is 96.0 Å². The lowest BCUT2D eigenvalue weighted by Gasteiger charge is -2.05. The monoisotopic (exact) mass is 246 g/mol. The fraction of sp³-hybridized carbons (Fsp3) is 0.429. The summed E-state index contributed by atoms with van der Waals surface area (Å²) in [5, 5.41) is 14.1. The summed E-state index contributed by atoms with van der Waals surface area (Å²) >= 11 is 6.20. The Morgan fingerprint density at radius 1 is 1.60 bits per heavy atom. The number of amides is 1. The van der Waals surface area contributed by atoms with Crippen LogP contribution in [0.15, 0.2) is 0 Å². The Kier molecular flexibility index (Phi) is 4.37. The number of aromatic nitrogens is 2. The van der Waals surface area contributed by atoms with Crippen molar-refractivity contribution < 1.29 is 9.53 Å². The Bertz CT molecular complexity index is 366. The van der Waals surface area contributed by atoms with Gasteiger partial charge in [-0.25, -0.2) is 4.79 Å². The maximum Gasteiger partial charge on any atom is 0.413 e. The number of anilines is 1. The molecule has 1 amide bonds. The zero-order valence-electron chi connectivity index (χ0n) is 8.23. The van der Waals surface area contributed by atoms with Crippen molar-refractivity contribution in [2.45, 2.75) is 13.8 Å². The maximum atomic E-state index is 11.0. The van der Waals surface area contributed by atoms with Crippen LogP contribution in [0.2, 0.25) is 0 Å². The number of thiocarbonyl (C=S) groups is 1. The van der Waals surface area contributed by atoms with E-state index in [1.807, 2.05) is 6.92 Å². The fourth-order valence-electron chi connectivity index (χ4n) is 0.735. The molecule has 0 aliphatic rings. The molecule has 0 bridgehead atoms. The van der Waals surface area contributed by atoms with Crippen LogP contribution in [0.5, 0.6) is 0 Å². The fourth-order valence-corrected chi connectivity index (χ4v) is 1.58. The minimum absolute atomic E-state index is 0.143. The van der Waals surface area contributed by atoms with E-state index in [4.69, 9.17) is 12.2 Å². The molecule has 82 valence electrons. The number of nitrogens with one attached hydrogen (secondary N) is 2. The Morgan fingerprint density at radius 3 is 2.87 bits per heavy atom. The van der Waals surface area contributed by atoms with Gasteiger partial charge in [0.1, 0.15) is 5.01 Å². The first kappa shape index (κ1) is 11.8. The van der Waals surface area contributed by atoms with E-state index in [9.17, 15) is 4.79 Å². The van der Waals surface area contributed by atoms with Crippen molar-refractivity contribution in [2.75, 3.05) is 11.9 Å². The third-order valence-electron chi connectivity index (χ3n) is 1.24. The second kappa shape index (κ2) is 5.56. The molecule has 1 aromatic heterocycles. The molecule has 1 rings (SSSR count). The van der Waals surface area contributed by atoms with Gasteiger partial charge < -0.3 is 10.1 Å². The van der Waals surface area contributed by atoms with Crippen molar-refractivity contribution in [3.05, 3.63) is 5.01 Å². The molecular formula is C7H10N4O2S2. The lowest BCUT2D eigenvalue weighted by atomic mass is 10.8. The molecule has 2 N–H and O–H groups in total. The van der Waals surface area contributed by atoms with Crippen LogP contribution in [-0.4, -0.2) is 28.0 Å². The van der Waals surface area contributed by atoms with E-state index in [0.717, 1.165) is 5.01 Å². The summed E-state index contributed by atoms with van der Waals surface area (Å²) in [5.74, 6) is 0. The molecule has 0 spiro atoms. The lowest BCUT2D eigenvalue weighted by Crippen LogP contribution is -2.34. The number of carbonyl (C=O) groups excluding carboxylic acids is 1. The van der Waals surface area contributed by atoms with Gasteiger partial charge in [0.2, 0.25) is 5.13 Å². The smallest absolute Gasteiger partial charge is 0.413 e. The van der Waals surface area contributed by atoms with E-state index in [1.165, 1.54) is 11.3 Å². The summed E-state index contributed by atoms with van der Waals surface area (Å²) in [6, 6.07) is 0. The van der Waals surface area contributed by atoms with Gasteiger partial charge in [0, 0.05) is 0 Å². The van der Waals surface area contributed by atoms with E-state index in [0.29, 0.717) is 11.7 Å². The summed E-state index contributed by atoms with van der Waals surface area (Å²) in [6.45, 7) is 3.83. The highest BCUT2D eigenvalue weighted by Crippen LogP contribution is 2.12. The first-order valence-corrected chi connectivity index (χ1v) is 5.39. The molecule has 1 heterocycles. The second-order valence-corrected chi connectivity index (χ2v) is 4.02. The summed E-state index contributed by atoms with van der Waals surface area (Å²) in [6.07, 6.45) is -0.587. The number of alkyl carbamates (subject to hydrolysis) is 1. The number of carbonyl (C=O) groups is 1. The largest absolute Gasteiger partial charge is 0.450 e. The van der Waals surface area contributed by atoms with Crippen LogP contribution in [0.25, 0.3) is 0 Å². The highest BCUT2D eigenvalue weighted by atomic mass is 32.1. The van der Waals surface area contributed by atoms with Gasteiger partial charge in [0.05, 0.1) is 6.61 Å². The van der Waals surface area contributed by atoms with E-state index >= 15 is 0 Å².